The van der Waals surface area contributed by atoms with Crippen LogP contribution in [0.2, 0.25) is 0 Å². The van der Waals surface area contributed by atoms with E-state index in [4.69, 9.17) is 0 Å². The number of aliphatic imine (C=N–C) groups is 1. The molecule has 1 aromatic carbocycles. The highest BCUT2D eigenvalue weighted by Gasteiger charge is 2.27. The molecule has 5 nitrogen and oxygen atoms in total. The van der Waals surface area contributed by atoms with E-state index >= 15 is 0 Å². The molecule has 1 aliphatic carbocycles. The summed E-state index contributed by atoms with van der Waals surface area (Å²) in [4.78, 5) is 4.72. The molecule has 1 fully saturated rings. The van der Waals surface area contributed by atoms with Gasteiger partial charge in [-0.2, -0.15) is 0 Å². The number of benzene rings is 1. The van der Waals surface area contributed by atoms with E-state index in [1.54, 1.807) is 24.3 Å². The van der Waals surface area contributed by atoms with Gasteiger partial charge in [0.05, 0.1) is 18.0 Å². The monoisotopic (exact) mass is 321 g/mol. The van der Waals surface area contributed by atoms with Gasteiger partial charge in [-0.15, -0.1) is 0 Å². The van der Waals surface area contributed by atoms with Crippen molar-refractivity contribution in [3.63, 3.8) is 0 Å². The van der Waals surface area contributed by atoms with Crippen LogP contribution in [-0.2, 0) is 10.0 Å². The molecule has 1 saturated carbocycles. The van der Waals surface area contributed by atoms with Gasteiger partial charge >= 0.3 is 0 Å². The maximum Gasteiger partial charge on any atom is 0.262 e. The number of nitrogens with zero attached hydrogens (tertiary/aromatic N) is 1. The third kappa shape index (κ3) is 3.50. The maximum absolute atomic E-state index is 12.3. The summed E-state index contributed by atoms with van der Waals surface area (Å²) in [6.07, 6.45) is 5.13. The first-order valence-electron chi connectivity index (χ1n) is 7.91. The van der Waals surface area contributed by atoms with E-state index in [0.29, 0.717) is 30.9 Å². The Balaban J connectivity index is 1.64. The van der Waals surface area contributed by atoms with Crippen LogP contribution >= 0.6 is 0 Å². The Morgan fingerprint density at radius 1 is 1.18 bits per heavy atom. The Kier molecular flexibility index (Phi) is 4.49. The second-order valence-electron chi connectivity index (χ2n) is 6.24. The van der Waals surface area contributed by atoms with Crippen molar-refractivity contribution in [3.8, 4) is 0 Å². The smallest absolute Gasteiger partial charge is 0.262 e. The first-order chi connectivity index (χ1) is 10.5. The van der Waals surface area contributed by atoms with Crippen LogP contribution in [0.3, 0.4) is 0 Å². The van der Waals surface area contributed by atoms with Crippen molar-refractivity contribution in [2.75, 3.05) is 13.1 Å². The fraction of sp³-hybridized carbons (Fsp3) is 0.562. The molecule has 1 aliphatic heterocycles. The van der Waals surface area contributed by atoms with E-state index in [9.17, 15) is 8.42 Å². The molecular weight excluding hydrogens is 298 g/mol. The van der Waals surface area contributed by atoms with E-state index in [0.717, 1.165) is 5.56 Å². The molecule has 0 spiro atoms. The molecule has 1 heterocycles. The molecule has 120 valence electrons. The maximum atomic E-state index is 12.3. The first kappa shape index (κ1) is 15.5. The van der Waals surface area contributed by atoms with Crippen LogP contribution in [0.25, 0.3) is 0 Å². The minimum atomic E-state index is -3.53. The van der Waals surface area contributed by atoms with Crippen LogP contribution < -0.4 is 10.0 Å². The topological polar surface area (TPSA) is 70.6 Å². The largest absolute Gasteiger partial charge is 0.305 e. The Hall–Kier alpha value is -1.40. The molecule has 0 saturated heterocycles. The summed E-state index contributed by atoms with van der Waals surface area (Å²) < 4.78 is 27.3. The second kappa shape index (κ2) is 6.38. The van der Waals surface area contributed by atoms with Crippen LogP contribution in [-0.4, -0.2) is 33.4 Å². The van der Waals surface area contributed by atoms with Crippen LogP contribution in [0, 0.1) is 12.8 Å². The average Bonchev–Trinajstić information content (AvgIpc) is 3.02. The molecule has 1 atom stereocenters. The van der Waals surface area contributed by atoms with Gasteiger partial charge in [0.1, 0.15) is 5.84 Å². The van der Waals surface area contributed by atoms with Crippen molar-refractivity contribution >= 4 is 15.9 Å². The standard InChI is InChI=1S/C16H23N3O2S/c1-12-6-8-14(9-7-12)22(20,21)19-16-11-17-15(10-18-16)13-4-2-3-5-13/h6-9,13,15,17H,2-5,10-11H2,1H3,(H,18,19)/t15-/m1/s1. The van der Waals surface area contributed by atoms with Crippen LogP contribution in [0.4, 0.5) is 0 Å². The summed E-state index contributed by atoms with van der Waals surface area (Å²) in [5.41, 5.74) is 1.04. The number of hydrogen-bond donors (Lipinski definition) is 2. The number of rotatable bonds is 3. The van der Waals surface area contributed by atoms with Gasteiger partial charge in [0.2, 0.25) is 0 Å². The third-order valence-electron chi connectivity index (χ3n) is 4.56. The summed E-state index contributed by atoms with van der Waals surface area (Å²) in [5, 5.41) is 3.44. The molecule has 6 heteroatoms. The fourth-order valence-corrected chi connectivity index (χ4v) is 4.29. The third-order valence-corrected chi connectivity index (χ3v) is 5.96. The van der Waals surface area contributed by atoms with Crippen LogP contribution in [0.1, 0.15) is 31.2 Å². The molecule has 0 unspecified atom stereocenters. The van der Waals surface area contributed by atoms with Crippen molar-refractivity contribution < 1.29 is 8.42 Å². The molecule has 0 bridgehead atoms. The Morgan fingerprint density at radius 2 is 1.86 bits per heavy atom. The molecular formula is C16H23N3O2S. The van der Waals surface area contributed by atoms with Crippen molar-refractivity contribution in [2.24, 2.45) is 10.9 Å². The lowest BCUT2D eigenvalue weighted by molar-refractivity contribution is 0.370. The molecule has 2 N–H and O–H groups in total. The molecule has 2 aliphatic rings. The van der Waals surface area contributed by atoms with Gasteiger partial charge in [0.25, 0.3) is 10.0 Å². The quantitative estimate of drug-likeness (QED) is 0.892. The highest BCUT2D eigenvalue weighted by Crippen LogP contribution is 2.28. The van der Waals surface area contributed by atoms with E-state index < -0.39 is 10.0 Å². The lowest BCUT2D eigenvalue weighted by atomic mass is 9.97. The molecule has 0 amide bonds. The van der Waals surface area contributed by atoms with Crippen LogP contribution in [0.15, 0.2) is 34.2 Å². The minimum absolute atomic E-state index is 0.277. The zero-order valence-electron chi connectivity index (χ0n) is 12.9. The number of nitrogens with one attached hydrogen (secondary N) is 2. The van der Waals surface area contributed by atoms with Gasteiger partial charge in [-0.1, -0.05) is 30.5 Å². The second-order valence-corrected chi connectivity index (χ2v) is 7.92. The fourth-order valence-electron chi connectivity index (χ4n) is 3.23. The Bertz CT molecular complexity index is 646. The zero-order valence-corrected chi connectivity index (χ0v) is 13.7. The van der Waals surface area contributed by atoms with E-state index in [1.807, 2.05) is 6.92 Å². The van der Waals surface area contributed by atoms with Gasteiger partial charge in [-0.25, -0.2) is 8.42 Å². The number of hydrogen-bond acceptors (Lipinski definition) is 4. The molecule has 22 heavy (non-hydrogen) atoms. The predicted octanol–water partition coefficient (Wildman–Crippen LogP) is 1.83. The minimum Gasteiger partial charge on any atom is -0.305 e. The van der Waals surface area contributed by atoms with E-state index in [-0.39, 0.29) is 4.90 Å². The van der Waals surface area contributed by atoms with Gasteiger partial charge in [-0.3, -0.25) is 9.71 Å². The van der Waals surface area contributed by atoms with Gasteiger partial charge in [0, 0.05) is 6.04 Å². The number of aryl methyl sites for hydroxylation is 1. The van der Waals surface area contributed by atoms with E-state index in [2.05, 4.69) is 15.0 Å². The summed E-state index contributed by atoms with van der Waals surface area (Å²) in [5.74, 6) is 1.20. The molecule has 3 rings (SSSR count). The summed E-state index contributed by atoms with van der Waals surface area (Å²) in [6.45, 7) is 3.09. The highest BCUT2D eigenvalue weighted by atomic mass is 32.2. The van der Waals surface area contributed by atoms with Crippen molar-refractivity contribution in [2.45, 2.75) is 43.5 Å². The summed E-state index contributed by atoms with van der Waals surface area (Å²) in [7, 11) is -3.53. The van der Waals surface area contributed by atoms with Gasteiger partial charge < -0.3 is 5.32 Å². The number of sulfonamides is 1. The zero-order chi connectivity index (χ0) is 15.6. The van der Waals surface area contributed by atoms with Crippen LogP contribution in [0.5, 0.6) is 0 Å². The van der Waals surface area contributed by atoms with Crippen molar-refractivity contribution in [1.29, 1.82) is 0 Å². The lowest BCUT2D eigenvalue weighted by Gasteiger charge is -2.27. The summed E-state index contributed by atoms with van der Waals surface area (Å²) >= 11 is 0. The predicted molar refractivity (Wildman–Crippen MR) is 87.6 cm³/mol. The molecule has 0 aromatic heterocycles. The SMILES string of the molecule is Cc1ccc(S(=O)(=O)NC2=NC[C@H](C3CCCC3)NC2)cc1. The van der Waals surface area contributed by atoms with Crippen molar-refractivity contribution in [3.05, 3.63) is 29.8 Å². The average molecular weight is 321 g/mol. The Labute approximate surface area is 132 Å². The highest BCUT2D eigenvalue weighted by molar-refractivity contribution is 7.90. The first-order valence-corrected chi connectivity index (χ1v) is 9.39. The number of amidine groups is 1. The normalized spacial score (nSPS) is 23.3. The van der Waals surface area contributed by atoms with Gasteiger partial charge in [-0.05, 0) is 37.8 Å². The lowest BCUT2D eigenvalue weighted by Crippen LogP contribution is -2.49. The molecule has 0 radical (unpaired) electrons. The Morgan fingerprint density at radius 3 is 2.45 bits per heavy atom. The van der Waals surface area contributed by atoms with E-state index in [1.165, 1.54) is 25.7 Å². The van der Waals surface area contributed by atoms with Crippen molar-refractivity contribution in [1.82, 2.24) is 10.0 Å². The summed E-state index contributed by atoms with van der Waals surface area (Å²) in [6, 6.07) is 7.23. The van der Waals surface area contributed by atoms with Gasteiger partial charge in [0.15, 0.2) is 0 Å². The molecule has 1 aromatic rings.